The smallest absolute Gasteiger partial charge is 0.459 e. The van der Waals surface area contributed by atoms with Gasteiger partial charge >= 0.3 is 19.9 Å². The summed E-state index contributed by atoms with van der Waals surface area (Å²) < 4.78 is 68.6. The van der Waals surface area contributed by atoms with Gasteiger partial charge in [0, 0.05) is 5.92 Å². The molecule has 11 nitrogen and oxygen atoms in total. The van der Waals surface area contributed by atoms with Gasteiger partial charge in [0.1, 0.15) is 30.0 Å². The molecule has 0 fully saturated rings. The first-order chi connectivity index (χ1) is 17.5. The second-order valence-corrected chi connectivity index (χ2v) is 10.3. The lowest BCUT2D eigenvalue weighted by Gasteiger charge is -2.30. The Kier molecular flexibility index (Phi) is 7.72. The number of halogens is 3. The molecule has 0 aromatic heterocycles. The van der Waals surface area contributed by atoms with Crippen LogP contribution in [0.5, 0.6) is 5.75 Å². The molecule has 1 aliphatic carbocycles. The zero-order chi connectivity index (χ0) is 26.8. The molecule has 37 heavy (non-hydrogen) atoms. The van der Waals surface area contributed by atoms with Gasteiger partial charge in [0.2, 0.25) is 0 Å². The van der Waals surface area contributed by atoms with Gasteiger partial charge in [-0.25, -0.2) is 14.5 Å². The number of fused-ring (bicyclic) bond motifs is 1. The van der Waals surface area contributed by atoms with Crippen molar-refractivity contribution in [3.05, 3.63) is 42.0 Å². The van der Waals surface area contributed by atoms with Crippen molar-refractivity contribution in [3.63, 3.8) is 0 Å². The number of benzene rings is 1. The monoisotopic (exact) mass is 542 g/mol. The molecule has 4 rings (SSSR count). The topological polar surface area (TPSA) is 140 Å². The highest BCUT2D eigenvalue weighted by Crippen LogP contribution is 2.47. The van der Waals surface area contributed by atoms with E-state index in [0.717, 1.165) is 19.2 Å². The Morgan fingerprint density at radius 1 is 1.32 bits per heavy atom. The summed E-state index contributed by atoms with van der Waals surface area (Å²) in [5, 5.41) is 2.44. The second kappa shape index (κ2) is 10.6. The predicted molar refractivity (Wildman–Crippen MR) is 129 cm³/mol. The van der Waals surface area contributed by atoms with Gasteiger partial charge in [0.25, 0.3) is 0 Å². The Bertz CT molecular complexity index is 1190. The number of methoxy groups -OCH3 is 1. The number of amidine groups is 1. The molecule has 3 aliphatic rings. The van der Waals surface area contributed by atoms with Crippen molar-refractivity contribution in [3.8, 4) is 5.75 Å². The van der Waals surface area contributed by atoms with Crippen LogP contribution in [0.15, 0.2) is 51.4 Å². The molecule has 0 amide bonds. The number of esters is 1. The molecule has 0 radical (unpaired) electrons. The van der Waals surface area contributed by atoms with E-state index in [2.05, 4.69) is 24.8 Å². The van der Waals surface area contributed by atoms with Crippen LogP contribution in [0, 0.1) is 5.92 Å². The van der Waals surface area contributed by atoms with Crippen molar-refractivity contribution in [2.24, 2.45) is 26.6 Å². The third kappa shape index (κ3) is 6.20. The van der Waals surface area contributed by atoms with Gasteiger partial charge in [-0.2, -0.15) is 18.3 Å². The number of alkyl halides is 3. The van der Waals surface area contributed by atoms with Gasteiger partial charge in [0.05, 0.1) is 31.7 Å². The number of nitrogens with zero attached hydrogens (tertiary/aromatic N) is 4. The Hall–Kier alpha value is -3.22. The van der Waals surface area contributed by atoms with Crippen LogP contribution in [-0.2, 0) is 24.8 Å². The van der Waals surface area contributed by atoms with Gasteiger partial charge in [-0.05, 0) is 31.5 Å². The van der Waals surface area contributed by atoms with Gasteiger partial charge in [0.15, 0.2) is 6.17 Å². The van der Waals surface area contributed by atoms with Crippen molar-refractivity contribution >= 4 is 32.2 Å². The number of carbonyl (C=O) groups is 1. The largest absolute Gasteiger partial charge is 0.468 e. The van der Waals surface area contributed by atoms with Gasteiger partial charge in [-0.1, -0.05) is 18.2 Å². The molecule has 1 aromatic rings. The molecule has 0 saturated carbocycles. The number of ether oxygens (including phenoxy) is 1. The van der Waals surface area contributed by atoms with Gasteiger partial charge in [-0.15, -0.1) is 0 Å². The molecule has 3 unspecified atom stereocenters. The lowest BCUT2D eigenvalue weighted by molar-refractivity contribution is -0.142. The fourth-order valence-electron chi connectivity index (χ4n) is 4.09. The lowest BCUT2D eigenvalue weighted by Crippen LogP contribution is -2.47. The Morgan fingerprint density at radius 2 is 2.11 bits per heavy atom. The van der Waals surface area contributed by atoms with Crippen molar-refractivity contribution < 1.29 is 36.3 Å². The van der Waals surface area contributed by atoms with Gasteiger partial charge < -0.3 is 19.9 Å². The number of rotatable bonds is 9. The first-order valence-corrected chi connectivity index (χ1v) is 12.8. The number of hydrogen-bond donors (Lipinski definition) is 2. The molecule has 0 bridgehead atoms. The van der Waals surface area contributed by atoms with E-state index in [9.17, 15) is 22.5 Å². The van der Waals surface area contributed by atoms with Crippen molar-refractivity contribution in [1.29, 1.82) is 0 Å². The maximum Gasteiger partial charge on any atom is 0.459 e. The van der Waals surface area contributed by atoms with Crippen molar-refractivity contribution in [2.45, 2.75) is 43.8 Å². The van der Waals surface area contributed by atoms with E-state index in [4.69, 9.17) is 14.8 Å². The van der Waals surface area contributed by atoms with Crippen LogP contribution in [-0.4, -0.2) is 67.4 Å². The highest BCUT2D eigenvalue weighted by molar-refractivity contribution is 7.52. The Morgan fingerprint density at radius 3 is 2.84 bits per heavy atom. The third-order valence-electron chi connectivity index (χ3n) is 5.96. The predicted octanol–water partition coefficient (Wildman–Crippen LogP) is 2.74. The Labute approximate surface area is 210 Å². The number of aliphatic imine (C=N–C) groups is 3. The van der Waals surface area contributed by atoms with E-state index < -0.39 is 31.5 Å². The summed E-state index contributed by atoms with van der Waals surface area (Å²) in [6, 6.07) is 2.31. The SMILES string of the molecule is COC(=O)[C@H](C)NP(=O)(OC[C@H]1C=C[C@@H](N2C=NC3C(N)=NC=NC32)C1)Oc1cccc(C(F)(F)F)c1. The quantitative estimate of drug-likeness (QED) is 0.276. The number of hydrogen-bond acceptors (Lipinski definition) is 10. The molecular formula is C22H26F3N6O5P. The molecule has 0 spiro atoms. The summed E-state index contributed by atoms with van der Waals surface area (Å²) in [4.78, 5) is 26.5. The average molecular weight is 542 g/mol. The average Bonchev–Trinajstić information content (AvgIpc) is 3.49. The van der Waals surface area contributed by atoms with Crippen LogP contribution < -0.4 is 15.3 Å². The molecule has 1 aromatic carbocycles. The first-order valence-electron chi connectivity index (χ1n) is 11.3. The van der Waals surface area contributed by atoms with E-state index in [1.54, 1.807) is 6.34 Å². The molecule has 0 saturated heterocycles. The molecule has 2 aliphatic heterocycles. The summed E-state index contributed by atoms with van der Waals surface area (Å²) in [6.07, 6.45) is 2.48. The minimum atomic E-state index is -4.63. The molecule has 3 N–H and O–H groups in total. The van der Waals surface area contributed by atoms with Crippen LogP contribution >= 0.6 is 7.75 Å². The number of nitrogens with two attached hydrogens (primary N) is 1. The summed E-state index contributed by atoms with van der Waals surface area (Å²) in [7, 11) is -3.17. The summed E-state index contributed by atoms with van der Waals surface area (Å²) in [6.45, 7) is 1.27. The summed E-state index contributed by atoms with van der Waals surface area (Å²) >= 11 is 0. The summed E-state index contributed by atoms with van der Waals surface area (Å²) in [5.74, 6) is -0.934. The highest BCUT2D eigenvalue weighted by atomic mass is 31.2. The summed E-state index contributed by atoms with van der Waals surface area (Å²) in [5.41, 5.74) is 4.92. The molecule has 15 heteroatoms. The minimum Gasteiger partial charge on any atom is -0.468 e. The number of nitrogens with one attached hydrogen (secondary N) is 1. The third-order valence-corrected chi connectivity index (χ3v) is 7.61. The zero-order valence-corrected chi connectivity index (χ0v) is 20.8. The highest BCUT2D eigenvalue weighted by Gasteiger charge is 2.40. The van der Waals surface area contributed by atoms with Crippen LogP contribution in [0.25, 0.3) is 0 Å². The minimum absolute atomic E-state index is 0.0962. The van der Waals surface area contributed by atoms with E-state index >= 15 is 0 Å². The Balaban J connectivity index is 1.43. The lowest BCUT2D eigenvalue weighted by atomic mass is 10.1. The maximum absolute atomic E-state index is 13.5. The standard InChI is InChI=1S/C22H26F3N6O5P/c1-13(21(32)34-2)30-37(33,36-17-5-3-4-15(9-17)22(23,24)25)35-10-14-6-7-16(8-14)31-12-29-18-19(26)27-11-28-20(18)31/h3-7,9,11-14,16,18,20H,8,10H2,1-2H3,(H,30,33)(H2,26,27,28)/t13-,14-,16+,18?,20?,37?/m0/s1. The number of carbonyl (C=O) groups excluding carboxylic acids is 1. The van der Waals surface area contributed by atoms with Crippen LogP contribution in [0.1, 0.15) is 18.9 Å². The molecule has 6 atom stereocenters. The molecular weight excluding hydrogens is 516 g/mol. The van der Waals surface area contributed by atoms with Crippen molar-refractivity contribution in [1.82, 2.24) is 9.99 Å². The van der Waals surface area contributed by atoms with E-state index in [1.165, 1.54) is 19.3 Å². The first kappa shape index (κ1) is 26.8. The van der Waals surface area contributed by atoms with Gasteiger partial charge in [-0.3, -0.25) is 14.3 Å². The van der Waals surface area contributed by atoms with Crippen LogP contribution in [0.3, 0.4) is 0 Å². The molecule has 2 heterocycles. The second-order valence-electron chi connectivity index (χ2n) is 8.62. The van der Waals surface area contributed by atoms with E-state index in [0.29, 0.717) is 18.3 Å². The van der Waals surface area contributed by atoms with Crippen LogP contribution in [0.2, 0.25) is 0 Å². The molecule has 200 valence electrons. The van der Waals surface area contributed by atoms with Crippen molar-refractivity contribution in [2.75, 3.05) is 13.7 Å². The fourth-order valence-corrected chi connectivity index (χ4v) is 5.63. The fraction of sp³-hybridized carbons (Fsp3) is 0.455. The zero-order valence-electron chi connectivity index (χ0n) is 19.9. The van der Waals surface area contributed by atoms with E-state index in [1.807, 2.05) is 17.1 Å². The normalized spacial score (nSPS) is 26.9. The maximum atomic E-state index is 13.5. The van der Waals surface area contributed by atoms with Crippen LogP contribution in [0.4, 0.5) is 13.2 Å². The van der Waals surface area contributed by atoms with E-state index in [-0.39, 0.29) is 36.5 Å².